The Bertz CT molecular complexity index is 454. The quantitative estimate of drug-likeness (QED) is 0.924. The highest BCUT2D eigenvalue weighted by Gasteiger charge is 2.30. The van der Waals surface area contributed by atoms with Gasteiger partial charge in [-0.15, -0.1) is 0 Å². The molecule has 0 unspecified atom stereocenters. The fourth-order valence-corrected chi connectivity index (χ4v) is 1.91. The predicted octanol–water partition coefficient (Wildman–Crippen LogP) is 1.98. The number of nitrogens with zero attached hydrogens (tertiary/aromatic N) is 1. The molecule has 0 spiro atoms. The lowest BCUT2D eigenvalue weighted by molar-refractivity contribution is -0.137. The fraction of sp³-hybridized carbons (Fsp3) is 0.462. The number of alkyl halides is 3. The van der Waals surface area contributed by atoms with Gasteiger partial charge in [0.15, 0.2) is 0 Å². The molecule has 0 bridgehead atoms. The van der Waals surface area contributed by atoms with Crippen LogP contribution in [-0.2, 0) is 15.7 Å². The molecule has 1 aliphatic rings. The van der Waals surface area contributed by atoms with E-state index in [-0.39, 0.29) is 12.5 Å². The maximum absolute atomic E-state index is 12.4. The minimum atomic E-state index is -4.36. The molecule has 110 valence electrons. The average molecular weight is 288 g/mol. The summed E-state index contributed by atoms with van der Waals surface area (Å²) in [6.07, 6.45) is -4.36. The molecular formula is C13H15F3N2O2. The number of ether oxygens (including phenoxy) is 1. The Hall–Kier alpha value is -1.60. The van der Waals surface area contributed by atoms with E-state index in [1.54, 1.807) is 0 Å². The molecule has 1 heterocycles. The van der Waals surface area contributed by atoms with Gasteiger partial charge in [0, 0.05) is 18.8 Å². The summed E-state index contributed by atoms with van der Waals surface area (Å²) in [4.78, 5) is 13.7. The van der Waals surface area contributed by atoms with E-state index in [2.05, 4.69) is 5.32 Å². The van der Waals surface area contributed by atoms with Crippen LogP contribution in [0, 0.1) is 0 Å². The number of anilines is 1. The zero-order valence-corrected chi connectivity index (χ0v) is 10.7. The second-order valence-corrected chi connectivity index (χ2v) is 4.51. The number of halogens is 3. The van der Waals surface area contributed by atoms with Crippen LogP contribution in [0.4, 0.5) is 18.9 Å². The first-order valence-corrected chi connectivity index (χ1v) is 6.22. The number of morpholine rings is 1. The molecular weight excluding hydrogens is 273 g/mol. The van der Waals surface area contributed by atoms with E-state index >= 15 is 0 Å². The summed E-state index contributed by atoms with van der Waals surface area (Å²) in [6, 6.07) is 4.40. The van der Waals surface area contributed by atoms with Gasteiger partial charge < -0.3 is 10.1 Å². The Morgan fingerprint density at radius 2 is 1.80 bits per heavy atom. The van der Waals surface area contributed by atoms with Gasteiger partial charge in [0.25, 0.3) is 0 Å². The molecule has 2 rings (SSSR count). The van der Waals surface area contributed by atoms with Gasteiger partial charge in [0.05, 0.1) is 25.3 Å². The third-order valence-corrected chi connectivity index (χ3v) is 2.97. The van der Waals surface area contributed by atoms with E-state index < -0.39 is 11.7 Å². The lowest BCUT2D eigenvalue weighted by atomic mass is 10.2. The minimum absolute atomic E-state index is 0.213. The van der Waals surface area contributed by atoms with Crippen LogP contribution in [0.3, 0.4) is 0 Å². The molecule has 0 atom stereocenters. The summed E-state index contributed by atoms with van der Waals surface area (Å²) in [6.45, 7) is 2.76. The van der Waals surface area contributed by atoms with Crippen molar-refractivity contribution in [3.05, 3.63) is 29.8 Å². The van der Waals surface area contributed by atoms with Crippen LogP contribution in [0.1, 0.15) is 5.56 Å². The number of amides is 1. The minimum Gasteiger partial charge on any atom is -0.379 e. The molecule has 0 aromatic heterocycles. The molecule has 0 aliphatic carbocycles. The number of nitrogens with one attached hydrogen (secondary N) is 1. The van der Waals surface area contributed by atoms with E-state index in [1.807, 2.05) is 4.90 Å². The topological polar surface area (TPSA) is 41.6 Å². The molecule has 0 saturated carbocycles. The number of rotatable bonds is 3. The number of carbonyl (C=O) groups excluding carboxylic acids is 1. The summed E-state index contributed by atoms with van der Waals surface area (Å²) >= 11 is 0. The zero-order chi connectivity index (χ0) is 14.6. The van der Waals surface area contributed by atoms with Crippen molar-refractivity contribution in [2.75, 3.05) is 38.2 Å². The molecule has 7 heteroatoms. The van der Waals surface area contributed by atoms with Gasteiger partial charge in [-0.25, -0.2) is 0 Å². The summed E-state index contributed by atoms with van der Waals surface area (Å²) in [5.41, 5.74) is -0.375. The molecule has 1 saturated heterocycles. The lowest BCUT2D eigenvalue weighted by Crippen LogP contribution is -2.41. The van der Waals surface area contributed by atoms with E-state index in [9.17, 15) is 18.0 Å². The average Bonchev–Trinajstić information content (AvgIpc) is 2.39. The van der Waals surface area contributed by atoms with Gasteiger partial charge in [-0.2, -0.15) is 13.2 Å². The van der Waals surface area contributed by atoms with Crippen molar-refractivity contribution in [2.45, 2.75) is 6.18 Å². The highest BCUT2D eigenvalue weighted by atomic mass is 19.4. The van der Waals surface area contributed by atoms with Crippen LogP contribution in [-0.4, -0.2) is 43.7 Å². The van der Waals surface area contributed by atoms with Gasteiger partial charge in [0.1, 0.15) is 0 Å². The van der Waals surface area contributed by atoms with Crippen LogP contribution >= 0.6 is 0 Å². The zero-order valence-electron chi connectivity index (χ0n) is 10.7. The Morgan fingerprint density at radius 1 is 1.20 bits per heavy atom. The number of carbonyl (C=O) groups is 1. The van der Waals surface area contributed by atoms with E-state index in [0.717, 1.165) is 12.1 Å². The largest absolute Gasteiger partial charge is 0.416 e. The summed E-state index contributed by atoms with van der Waals surface area (Å²) < 4.78 is 42.3. The second kappa shape index (κ2) is 6.23. The highest BCUT2D eigenvalue weighted by Crippen LogP contribution is 2.29. The van der Waals surface area contributed by atoms with Crippen molar-refractivity contribution in [2.24, 2.45) is 0 Å². The third-order valence-electron chi connectivity index (χ3n) is 2.97. The van der Waals surface area contributed by atoms with Crippen LogP contribution in [0.15, 0.2) is 24.3 Å². The molecule has 1 N–H and O–H groups in total. The Morgan fingerprint density at radius 3 is 2.35 bits per heavy atom. The summed E-state index contributed by atoms with van der Waals surface area (Å²) in [7, 11) is 0. The van der Waals surface area contributed by atoms with Crippen molar-refractivity contribution >= 4 is 11.6 Å². The maximum atomic E-state index is 12.4. The number of hydrogen-bond acceptors (Lipinski definition) is 3. The molecule has 0 radical (unpaired) electrons. The second-order valence-electron chi connectivity index (χ2n) is 4.51. The van der Waals surface area contributed by atoms with E-state index in [4.69, 9.17) is 4.74 Å². The normalized spacial score (nSPS) is 16.9. The molecule has 1 amide bonds. The molecule has 1 aromatic carbocycles. The first-order chi connectivity index (χ1) is 9.45. The van der Waals surface area contributed by atoms with Crippen molar-refractivity contribution in [3.8, 4) is 0 Å². The first-order valence-electron chi connectivity index (χ1n) is 6.22. The monoisotopic (exact) mass is 288 g/mol. The molecule has 4 nitrogen and oxygen atoms in total. The van der Waals surface area contributed by atoms with Crippen LogP contribution in [0.2, 0.25) is 0 Å². The number of benzene rings is 1. The van der Waals surface area contributed by atoms with Crippen LogP contribution < -0.4 is 5.32 Å². The van der Waals surface area contributed by atoms with Crippen molar-refractivity contribution < 1.29 is 22.7 Å². The van der Waals surface area contributed by atoms with Gasteiger partial charge >= 0.3 is 6.18 Å². The van der Waals surface area contributed by atoms with Crippen molar-refractivity contribution in [3.63, 3.8) is 0 Å². The van der Waals surface area contributed by atoms with Gasteiger partial charge in [-0.1, -0.05) is 0 Å². The van der Waals surface area contributed by atoms with Gasteiger partial charge in [-0.05, 0) is 24.3 Å². The third kappa shape index (κ3) is 4.21. The smallest absolute Gasteiger partial charge is 0.379 e. The van der Waals surface area contributed by atoms with Crippen molar-refractivity contribution in [1.82, 2.24) is 4.90 Å². The SMILES string of the molecule is O=C(CN1CCOCC1)Nc1ccc(C(F)(F)F)cc1. The van der Waals surface area contributed by atoms with E-state index in [0.29, 0.717) is 32.0 Å². The van der Waals surface area contributed by atoms with E-state index in [1.165, 1.54) is 12.1 Å². The Labute approximate surface area is 114 Å². The van der Waals surface area contributed by atoms with Gasteiger partial charge in [-0.3, -0.25) is 9.69 Å². The number of hydrogen-bond donors (Lipinski definition) is 1. The van der Waals surface area contributed by atoms with Crippen molar-refractivity contribution in [1.29, 1.82) is 0 Å². The molecule has 20 heavy (non-hydrogen) atoms. The predicted molar refractivity (Wildman–Crippen MR) is 67.3 cm³/mol. The maximum Gasteiger partial charge on any atom is 0.416 e. The van der Waals surface area contributed by atoms with Crippen LogP contribution in [0.25, 0.3) is 0 Å². The Balaban J connectivity index is 1.87. The van der Waals surface area contributed by atoms with Gasteiger partial charge in [0.2, 0.25) is 5.91 Å². The molecule has 1 aliphatic heterocycles. The Kier molecular flexibility index (Phi) is 4.61. The first kappa shape index (κ1) is 14.8. The lowest BCUT2D eigenvalue weighted by Gasteiger charge is -2.25. The fourth-order valence-electron chi connectivity index (χ4n) is 1.91. The standard InChI is InChI=1S/C13H15F3N2O2/c14-13(15,16)10-1-3-11(4-2-10)17-12(19)9-18-5-7-20-8-6-18/h1-4H,5-9H2,(H,17,19). The summed E-state index contributed by atoms with van der Waals surface area (Å²) in [5.74, 6) is -0.244. The summed E-state index contributed by atoms with van der Waals surface area (Å²) in [5, 5.41) is 2.58. The molecule has 1 aromatic rings. The highest BCUT2D eigenvalue weighted by molar-refractivity contribution is 5.92. The van der Waals surface area contributed by atoms with Crippen LogP contribution in [0.5, 0.6) is 0 Å². The molecule has 1 fully saturated rings.